The highest BCUT2D eigenvalue weighted by atomic mass is 19.4. The van der Waals surface area contributed by atoms with Crippen molar-refractivity contribution >= 4 is 0 Å². The molecule has 0 saturated heterocycles. The topological polar surface area (TPSA) is 57.7 Å². The summed E-state index contributed by atoms with van der Waals surface area (Å²) in [5.74, 6) is -0.570. The van der Waals surface area contributed by atoms with Gasteiger partial charge in [-0.05, 0) is 38.2 Å². The molecule has 5 nitrogen and oxygen atoms in total. The normalized spacial score (nSPS) is 25.9. The lowest BCUT2D eigenvalue weighted by molar-refractivity contribution is -0.148. The maximum Gasteiger partial charge on any atom is 0.451 e. The van der Waals surface area contributed by atoms with Crippen LogP contribution in [-0.2, 0) is 24.7 Å². The minimum absolute atomic E-state index is 0.147. The van der Waals surface area contributed by atoms with E-state index in [1.54, 1.807) is 0 Å². The molecule has 0 spiro atoms. The summed E-state index contributed by atoms with van der Waals surface area (Å²) in [6.45, 7) is 3.08. The van der Waals surface area contributed by atoms with Crippen LogP contribution >= 0.6 is 0 Å². The highest BCUT2D eigenvalue weighted by Gasteiger charge is 2.43. The van der Waals surface area contributed by atoms with Gasteiger partial charge in [-0.2, -0.15) is 18.4 Å². The van der Waals surface area contributed by atoms with Gasteiger partial charge in [0, 0.05) is 19.1 Å². The summed E-state index contributed by atoms with van der Waals surface area (Å²) in [7, 11) is 0. The second-order valence-electron chi connectivity index (χ2n) is 7.87. The summed E-state index contributed by atoms with van der Waals surface area (Å²) >= 11 is 0. The summed E-state index contributed by atoms with van der Waals surface area (Å²) in [6.07, 6.45) is -1.13. The van der Waals surface area contributed by atoms with Gasteiger partial charge in [0.05, 0.1) is 18.0 Å². The number of benzene rings is 1. The summed E-state index contributed by atoms with van der Waals surface area (Å²) in [4.78, 5) is 2.17. The molecule has 0 amide bonds. The lowest BCUT2D eigenvalue weighted by Crippen LogP contribution is -2.47. The Morgan fingerprint density at radius 3 is 2.79 bits per heavy atom. The van der Waals surface area contributed by atoms with Gasteiger partial charge in [-0.25, -0.2) is 0 Å². The van der Waals surface area contributed by atoms with Crippen molar-refractivity contribution in [1.29, 1.82) is 5.26 Å². The molecule has 1 fully saturated rings. The fourth-order valence-corrected chi connectivity index (χ4v) is 4.63. The van der Waals surface area contributed by atoms with Crippen molar-refractivity contribution in [2.24, 2.45) is 0 Å². The number of rotatable bonds is 2. The zero-order chi connectivity index (χ0) is 19.9. The van der Waals surface area contributed by atoms with Gasteiger partial charge >= 0.3 is 6.18 Å². The first-order valence-corrected chi connectivity index (χ1v) is 9.54. The van der Waals surface area contributed by atoms with Gasteiger partial charge in [0.15, 0.2) is 0 Å². The van der Waals surface area contributed by atoms with Crippen LogP contribution in [0.3, 0.4) is 0 Å². The molecule has 0 unspecified atom stereocenters. The van der Waals surface area contributed by atoms with Crippen molar-refractivity contribution in [3.63, 3.8) is 0 Å². The Labute approximate surface area is 161 Å². The van der Waals surface area contributed by atoms with Crippen molar-refractivity contribution in [3.8, 4) is 6.07 Å². The van der Waals surface area contributed by atoms with E-state index in [0.29, 0.717) is 25.3 Å². The van der Waals surface area contributed by atoms with Crippen LogP contribution in [0.15, 0.2) is 24.3 Å². The molecule has 2 aromatic rings. The van der Waals surface area contributed by atoms with Crippen LogP contribution in [0.2, 0.25) is 0 Å². The third kappa shape index (κ3) is 3.28. The van der Waals surface area contributed by atoms with Crippen LogP contribution in [0.25, 0.3) is 0 Å². The summed E-state index contributed by atoms with van der Waals surface area (Å²) in [6, 6.07) is 10.8. The lowest BCUT2D eigenvalue weighted by Gasteiger charge is -2.43. The number of hydrogen-bond donors (Lipinski definition) is 0. The van der Waals surface area contributed by atoms with Crippen LogP contribution in [0.5, 0.6) is 0 Å². The van der Waals surface area contributed by atoms with Crippen LogP contribution in [-0.4, -0.2) is 32.3 Å². The van der Waals surface area contributed by atoms with Crippen molar-refractivity contribution < 1.29 is 13.2 Å². The smallest absolute Gasteiger partial charge is 0.305 e. The first kappa shape index (κ1) is 18.9. The number of halogens is 3. The molecule has 4 rings (SSSR count). The molecule has 1 aromatic carbocycles. The third-order valence-electron chi connectivity index (χ3n) is 6.06. The number of aromatic nitrogens is 3. The highest BCUT2D eigenvalue weighted by Crippen LogP contribution is 2.41. The summed E-state index contributed by atoms with van der Waals surface area (Å²) in [5.41, 5.74) is 1.62. The Hall–Kier alpha value is -2.40. The number of alkyl halides is 3. The van der Waals surface area contributed by atoms with Crippen LogP contribution in [0, 0.1) is 18.3 Å². The van der Waals surface area contributed by atoms with E-state index in [2.05, 4.69) is 27.2 Å². The third-order valence-corrected chi connectivity index (χ3v) is 6.06. The van der Waals surface area contributed by atoms with Crippen LogP contribution < -0.4 is 0 Å². The van der Waals surface area contributed by atoms with E-state index in [4.69, 9.17) is 0 Å². The van der Waals surface area contributed by atoms with Gasteiger partial charge < -0.3 is 4.57 Å². The Morgan fingerprint density at radius 1 is 1.25 bits per heavy atom. The number of nitriles is 1. The molecule has 8 heteroatoms. The fraction of sp³-hybridized carbons (Fsp3) is 0.550. The van der Waals surface area contributed by atoms with E-state index >= 15 is 0 Å². The van der Waals surface area contributed by atoms with E-state index < -0.39 is 17.4 Å². The second-order valence-corrected chi connectivity index (χ2v) is 7.87. The van der Waals surface area contributed by atoms with E-state index in [9.17, 15) is 18.4 Å². The zero-order valence-electron chi connectivity index (χ0n) is 15.7. The van der Waals surface area contributed by atoms with Gasteiger partial charge in [-0.1, -0.05) is 29.8 Å². The van der Waals surface area contributed by atoms with Gasteiger partial charge in [-0.3, -0.25) is 4.90 Å². The Balaban J connectivity index is 1.56. The molecule has 1 aromatic heterocycles. The SMILES string of the molecule is Cc1cccc([C@]2(C#N)CCC[C@@H](N3CCn4c(nnc4C(F)(F)F)C3)C2)c1. The highest BCUT2D eigenvalue weighted by molar-refractivity contribution is 5.36. The minimum atomic E-state index is -4.49. The molecule has 1 saturated carbocycles. The maximum atomic E-state index is 13.1. The Morgan fingerprint density at radius 2 is 2.07 bits per heavy atom. The molecule has 2 aliphatic rings. The van der Waals surface area contributed by atoms with Crippen molar-refractivity contribution in [1.82, 2.24) is 19.7 Å². The lowest BCUT2D eigenvalue weighted by atomic mass is 9.68. The molecule has 28 heavy (non-hydrogen) atoms. The molecule has 1 aliphatic heterocycles. The van der Waals surface area contributed by atoms with E-state index in [0.717, 1.165) is 30.4 Å². The molecular formula is C20H22F3N5. The molecule has 148 valence electrons. The number of aryl methyl sites for hydroxylation is 1. The van der Waals surface area contributed by atoms with Crippen LogP contribution in [0.1, 0.15) is 48.5 Å². The quantitative estimate of drug-likeness (QED) is 0.783. The van der Waals surface area contributed by atoms with Crippen LogP contribution in [0.4, 0.5) is 13.2 Å². The number of nitrogens with zero attached hydrogens (tertiary/aromatic N) is 5. The van der Waals surface area contributed by atoms with Crippen molar-refractivity contribution in [3.05, 3.63) is 47.0 Å². The molecule has 2 heterocycles. The van der Waals surface area contributed by atoms with E-state index in [1.165, 1.54) is 4.57 Å². The van der Waals surface area contributed by atoms with Gasteiger partial charge in [-0.15, -0.1) is 10.2 Å². The summed E-state index contributed by atoms with van der Waals surface area (Å²) in [5, 5.41) is 17.2. The standard InChI is InChI=1S/C20H22F3N5/c1-14-4-2-5-15(10-14)19(13-24)7-3-6-16(11-19)27-8-9-28-17(12-27)25-26-18(28)20(21,22)23/h2,4-5,10,16H,3,6-9,11-12H2,1H3/t16-,19-/m1/s1. The largest absolute Gasteiger partial charge is 0.451 e. The minimum Gasteiger partial charge on any atom is -0.305 e. The maximum absolute atomic E-state index is 13.1. The van der Waals surface area contributed by atoms with E-state index in [1.807, 2.05) is 25.1 Å². The first-order chi connectivity index (χ1) is 13.3. The second kappa shape index (κ2) is 6.89. The molecular weight excluding hydrogens is 367 g/mol. The number of fused-ring (bicyclic) bond motifs is 1. The Kier molecular flexibility index (Phi) is 4.66. The van der Waals surface area contributed by atoms with E-state index in [-0.39, 0.29) is 12.6 Å². The van der Waals surface area contributed by atoms with Gasteiger partial charge in [0.2, 0.25) is 5.82 Å². The molecule has 0 N–H and O–H groups in total. The average Bonchev–Trinajstić information content (AvgIpc) is 3.11. The predicted octanol–water partition coefficient (Wildman–Crippen LogP) is 3.83. The van der Waals surface area contributed by atoms with Crippen molar-refractivity contribution in [2.75, 3.05) is 6.54 Å². The Bertz CT molecular complexity index is 913. The molecule has 0 bridgehead atoms. The predicted molar refractivity (Wildman–Crippen MR) is 96.2 cm³/mol. The molecule has 1 aliphatic carbocycles. The zero-order valence-corrected chi connectivity index (χ0v) is 15.7. The fourth-order valence-electron chi connectivity index (χ4n) is 4.63. The molecule has 0 radical (unpaired) electrons. The monoisotopic (exact) mass is 389 g/mol. The molecule has 2 atom stereocenters. The van der Waals surface area contributed by atoms with Crippen molar-refractivity contribution in [2.45, 2.75) is 63.3 Å². The first-order valence-electron chi connectivity index (χ1n) is 9.54. The van der Waals surface area contributed by atoms with Gasteiger partial charge in [0.25, 0.3) is 0 Å². The number of hydrogen-bond acceptors (Lipinski definition) is 4. The van der Waals surface area contributed by atoms with Gasteiger partial charge in [0.1, 0.15) is 5.82 Å². The summed E-state index contributed by atoms with van der Waals surface area (Å²) < 4.78 is 40.3. The average molecular weight is 389 g/mol.